The number of nitrogens with zero attached hydrogens (tertiary/aromatic N) is 2. The van der Waals surface area contributed by atoms with E-state index < -0.39 is 11.2 Å². The summed E-state index contributed by atoms with van der Waals surface area (Å²) in [6.45, 7) is 1.60. The third-order valence-electron chi connectivity index (χ3n) is 3.47. The average molecular weight is 270 g/mol. The minimum Gasteiger partial charge on any atom is -0.503 e. The van der Waals surface area contributed by atoms with E-state index in [1.165, 1.54) is 6.07 Å². The van der Waals surface area contributed by atoms with Crippen molar-refractivity contribution in [3.8, 4) is 5.75 Å². The molecule has 1 aromatic heterocycles. The van der Waals surface area contributed by atoms with Crippen LogP contribution in [0.5, 0.6) is 5.75 Å². The van der Waals surface area contributed by atoms with Crippen molar-refractivity contribution >= 4 is 5.91 Å². The number of hydrogen-bond acceptors (Lipinski definition) is 3. The van der Waals surface area contributed by atoms with E-state index in [-0.39, 0.29) is 11.6 Å². The number of fused-ring (bicyclic) bond motifs is 1. The fraction of sp³-hybridized carbons (Fsp3) is 0.200. The van der Waals surface area contributed by atoms with E-state index in [0.717, 1.165) is 5.56 Å². The van der Waals surface area contributed by atoms with Gasteiger partial charge in [-0.05, 0) is 5.56 Å². The van der Waals surface area contributed by atoms with Gasteiger partial charge in [0, 0.05) is 31.9 Å². The van der Waals surface area contributed by atoms with Gasteiger partial charge in [0.1, 0.15) is 0 Å². The molecule has 1 aliphatic rings. The molecule has 2 aromatic rings. The van der Waals surface area contributed by atoms with Gasteiger partial charge in [0.05, 0.1) is 0 Å². The number of hydrogen-bond donors (Lipinski definition) is 1. The Morgan fingerprint density at radius 3 is 2.55 bits per heavy atom. The van der Waals surface area contributed by atoms with E-state index in [4.69, 9.17) is 0 Å². The quantitative estimate of drug-likeness (QED) is 0.892. The molecular formula is C15H14N2O3. The predicted octanol–water partition coefficient (Wildman–Crippen LogP) is 1.21. The van der Waals surface area contributed by atoms with Crippen LogP contribution < -0.4 is 5.43 Å². The van der Waals surface area contributed by atoms with Crippen LogP contribution in [0.2, 0.25) is 0 Å². The summed E-state index contributed by atoms with van der Waals surface area (Å²) in [6.07, 6.45) is 1.55. The molecule has 102 valence electrons. The zero-order valence-corrected chi connectivity index (χ0v) is 10.8. The molecule has 3 rings (SSSR count). The Kier molecular flexibility index (Phi) is 3.02. The van der Waals surface area contributed by atoms with Crippen LogP contribution in [0.3, 0.4) is 0 Å². The summed E-state index contributed by atoms with van der Waals surface area (Å²) < 4.78 is 1.63. The van der Waals surface area contributed by atoms with Crippen LogP contribution in [0.25, 0.3) is 0 Å². The third-order valence-corrected chi connectivity index (χ3v) is 3.47. The predicted molar refractivity (Wildman–Crippen MR) is 73.5 cm³/mol. The van der Waals surface area contributed by atoms with Gasteiger partial charge in [0.15, 0.2) is 11.4 Å². The van der Waals surface area contributed by atoms with Crippen LogP contribution in [0.15, 0.2) is 47.4 Å². The SMILES string of the molecule is O=C1c2c(O)c(=O)ccn2CCN1Cc1ccccc1. The van der Waals surface area contributed by atoms with E-state index in [2.05, 4.69) is 0 Å². The van der Waals surface area contributed by atoms with Gasteiger partial charge < -0.3 is 14.6 Å². The molecule has 0 radical (unpaired) electrons. The average Bonchev–Trinajstić information content (AvgIpc) is 2.47. The van der Waals surface area contributed by atoms with Crippen molar-refractivity contribution < 1.29 is 9.90 Å². The Balaban J connectivity index is 1.93. The van der Waals surface area contributed by atoms with Gasteiger partial charge in [-0.3, -0.25) is 9.59 Å². The van der Waals surface area contributed by atoms with Crippen LogP contribution >= 0.6 is 0 Å². The molecule has 0 spiro atoms. The van der Waals surface area contributed by atoms with Crippen molar-refractivity contribution in [1.82, 2.24) is 9.47 Å². The smallest absolute Gasteiger partial charge is 0.274 e. The number of aromatic nitrogens is 1. The fourth-order valence-electron chi connectivity index (χ4n) is 2.41. The minimum atomic E-state index is -0.522. The zero-order chi connectivity index (χ0) is 14.1. The molecule has 1 N–H and O–H groups in total. The van der Waals surface area contributed by atoms with Gasteiger partial charge in [-0.15, -0.1) is 0 Å². The molecule has 0 aliphatic carbocycles. The summed E-state index contributed by atoms with van der Waals surface area (Å²) >= 11 is 0. The highest BCUT2D eigenvalue weighted by Crippen LogP contribution is 2.20. The Hall–Kier alpha value is -2.56. The Labute approximate surface area is 115 Å². The van der Waals surface area contributed by atoms with E-state index >= 15 is 0 Å². The Bertz CT molecular complexity index is 707. The zero-order valence-electron chi connectivity index (χ0n) is 10.8. The highest BCUT2D eigenvalue weighted by Gasteiger charge is 2.27. The molecule has 0 saturated carbocycles. The van der Waals surface area contributed by atoms with Crippen molar-refractivity contribution in [2.75, 3.05) is 6.54 Å². The summed E-state index contributed by atoms with van der Waals surface area (Å²) in [4.78, 5) is 25.5. The first-order chi connectivity index (χ1) is 9.66. The lowest BCUT2D eigenvalue weighted by atomic mass is 10.1. The third kappa shape index (κ3) is 2.07. The molecule has 5 heteroatoms. The van der Waals surface area contributed by atoms with Crippen LogP contribution in [-0.2, 0) is 13.1 Å². The molecule has 0 unspecified atom stereocenters. The lowest BCUT2D eigenvalue weighted by Gasteiger charge is -2.30. The molecule has 1 aliphatic heterocycles. The lowest BCUT2D eigenvalue weighted by molar-refractivity contribution is 0.0683. The van der Waals surface area contributed by atoms with Crippen molar-refractivity contribution in [3.05, 3.63) is 64.1 Å². The Morgan fingerprint density at radius 2 is 1.80 bits per heavy atom. The van der Waals surface area contributed by atoms with Crippen LogP contribution in [-0.4, -0.2) is 27.0 Å². The molecule has 0 bridgehead atoms. The van der Waals surface area contributed by atoms with Crippen molar-refractivity contribution in [3.63, 3.8) is 0 Å². The van der Waals surface area contributed by atoms with Gasteiger partial charge in [-0.25, -0.2) is 0 Å². The van der Waals surface area contributed by atoms with Crippen molar-refractivity contribution in [1.29, 1.82) is 0 Å². The minimum absolute atomic E-state index is 0.0830. The van der Waals surface area contributed by atoms with Gasteiger partial charge in [-0.1, -0.05) is 30.3 Å². The number of rotatable bonds is 2. The lowest BCUT2D eigenvalue weighted by Crippen LogP contribution is -2.41. The monoisotopic (exact) mass is 270 g/mol. The van der Waals surface area contributed by atoms with E-state index in [1.807, 2.05) is 30.3 Å². The number of pyridine rings is 1. The van der Waals surface area contributed by atoms with Crippen molar-refractivity contribution in [2.45, 2.75) is 13.1 Å². The van der Waals surface area contributed by atoms with E-state index in [0.29, 0.717) is 19.6 Å². The number of amides is 1. The molecule has 0 saturated heterocycles. The molecule has 20 heavy (non-hydrogen) atoms. The first-order valence-electron chi connectivity index (χ1n) is 6.42. The maximum atomic E-state index is 12.4. The second-order valence-corrected chi connectivity index (χ2v) is 4.78. The highest BCUT2D eigenvalue weighted by atomic mass is 16.3. The van der Waals surface area contributed by atoms with Gasteiger partial charge in [-0.2, -0.15) is 0 Å². The second-order valence-electron chi connectivity index (χ2n) is 4.78. The topological polar surface area (TPSA) is 62.5 Å². The summed E-state index contributed by atoms with van der Waals surface area (Å²) in [6, 6.07) is 10.9. The van der Waals surface area contributed by atoms with Gasteiger partial charge in [0.2, 0.25) is 5.43 Å². The summed E-state index contributed by atoms with van der Waals surface area (Å²) in [5.74, 6) is -0.773. The van der Waals surface area contributed by atoms with Crippen LogP contribution in [0.4, 0.5) is 0 Å². The molecule has 5 nitrogen and oxygen atoms in total. The van der Waals surface area contributed by atoms with Crippen LogP contribution in [0, 0.1) is 0 Å². The summed E-state index contributed by atoms with van der Waals surface area (Å²) in [5.41, 5.74) is 0.581. The molecule has 0 atom stereocenters. The van der Waals surface area contributed by atoms with Gasteiger partial charge in [0.25, 0.3) is 5.91 Å². The molecule has 2 heterocycles. The molecule has 0 fully saturated rings. The largest absolute Gasteiger partial charge is 0.503 e. The summed E-state index contributed by atoms with van der Waals surface area (Å²) in [5, 5.41) is 9.82. The van der Waals surface area contributed by atoms with E-state index in [9.17, 15) is 14.7 Å². The normalized spacial score (nSPS) is 14.2. The molecular weight excluding hydrogens is 256 g/mol. The number of carbonyl (C=O) groups excluding carboxylic acids is 1. The maximum Gasteiger partial charge on any atom is 0.274 e. The Morgan fingerprint density at radius 1 is 1.05 bits per heavy atom. The maximum absolute atomic E-state index is 12.4. The first kappa shape index (κ1) is 12.5. The first-order valence-corrected chi connectivity index (χ1v) is 6.42. The number of carbonyl (C=O) groups is 1. The second kappa shape index (κ2) is 4.85. The van der Waals surface area contributed by atoms with Crippen LogP contribution in [0.1, 0.15) is 16.1 Å². The fourth-order valence-corrected chi connectivity index (χ4v) is 2.41. The number of aromatic hydroxyl groups is 1. The number of benzene rings is 1. The van der Waals surface area contributed by atoms with Crippen molar-refractivity contribution in [2.24, 2.45) is 0 Å². The van der Waals surface area contributed by atoms with E-state index in [1.54, 1.807) is 15.7 Å². The standard InChI is InChI=1S/C15H14N2O3/c18-12-6-7-16-8-9-17(15(20)13(16)14(12)19)10-11-4-2-1-3-5-11/h1-7,19H,8-10H2. The summed E-state index contributed by atoms with van der Waals surface area (Å²) in [7, 11) is 0. The molecule has 1 aromatic carbocycles. The highest BCUT2D eigenvalue weighted by molar-refractivity contribution is 5.95. The van der Waals surface area contributed by atoms with Gasteiger partial charge >= 0.3 is 0 Å². The molecule has 1 amide bonds.